The molecule has 4 aromatic rings. The van der Waals surface area contributed by atoms with Gasteiger partial charge < -0.3 is 34.8 Å². The number of hydrogen-bond donors (Lipinski definition) is 4. The minimum absolute atomic E-state index is 0.0687. The second-order valence-electron chi connectivity index (χ2n) is 14.9. The number of piperazine rings is 1. The molecule has 0 radical (unpaired) electrons. The predicted octanol–water partition coefficient (Wildman–Crippen LogP) is 5.27. The fourth-order valence-corrected chi connectivity index (χ4v) is 7.99. The summed E-state index contributed by atoms with van der Waals surface area (Å²) in [4.78, 5) is 55.7. The molecule has 1 unspecified atom stereocenters. The highest BCUT2D eigenvalue weighted by Gasteiger charge is 2.39. The van der Waals surface area contributed by atoms with Gasteiger partial charge in [0.2, 0.25) is 17.7 Å². The average Bonchev–Trinajstić information content (AvgIpc) is 3.58. The SMILES string of the molecule is CCC(=C(c1ccc(O)cc1)c1ccc(OCCN2CCN(C(=O)CCOCCNc3cccc4c3CN(C3CCC(=O)NC3=O)C4=O)CC2)cc1)c1ccc(O)cc1. The average molecular weight is 802 g/mol. The Bertz CT molecular complexity index is 2160. The van der Waals surface area contributed by atoms with Crippen molar-refractivity contribution in [3.63, 3.8) is 0 Å². The predicted molar refractivity (Wildman–Crippen MR) is 224 cm³/mol. The van der Waals surface area contributed by atoms with Gasteiger partial charge in [0.25, 0.3) is 5.91 Å². The van der Waals surface area contributed by atoms with Crippen molar-refractivity contribution in [3.05, 3.63) is 119 Å². The van der Waals surface area contributed by atoms with Crippen LogP contribution in [0.5, 0.6) is 17.2 Å². The van der Waals surface area contributed by atoms with Gasteiger partial charge in [0.05, 0.1) is 19.6 Å². The monoisotopic (exact) mass is 801 g/mol. The van der Waals surface area contributed by atoms with Crippen molar-refractivity contribution in [2.24, 2.45) is 0 Å². The summed E-state index contributed by atoms with van der Waals surface area (Å²) in [6.07, 6.45) is 1.59. The van der Waals surface area contributed by atoms with Crippen molar-refractivity contribution in [2.75, 3.05) is 64.4 Å². The summed E-state index contributed by atoms with van der Waals surface area (Å²) in [5.41, 5.74) is 7.36. The summed E-state index contributed by atoms with van der Waals surface area (Å²) in [7, 11) is 0. The zero-order valence-electron chi connectivity index (χ0n) is 33.3. The lowest BCUT2D eigenvalue weighted by Crippen LogP contribution is -2.52. The molecule has 308 valence electrons. The topological polar surface area (TPSA) is 161 Å². The van der Waals surface area contributed by atoms with Crippen LogP contribution in [0.25, 0.3) is 11.1 Å². The number of aromatic hydroxyl groups is 2. The van der Waals surface area contributed by atoms with Crippen LogP contribution in [-0.4, -0.2) is 114 Å². The van der Waals surface area contributed by atoms with E-state index in [0.29, 0.717) is 64.4 Å². The van der Waals surface area contributed by atoms with Crippen LogP contribution in [0.3, 0.4) is 0 Å². The second kappa shape index (κ2) is 19.0. The number of phenols is 2. The molecule has 4 N–H and O–H groups in total. The second-order valence-corrected chi connectivity index (χ2v) is 14.9. The quantitative estimate of drug-likeness (QED) is 0.0668. The maximum Gasteiger partial charge on any atom is 0.255 e. The number of piperidine rings is 1. The standard InChI is InChI=1S/C46H51N5O8/c1-2-37(31-6-12-34(52)13-7-31)44(32-8-14-35(53)15-9-32)33-10-16-36(17-11-33)59-29-26-49-22-24-50(25-23-49)43(55)20-27-58-28-21-47-40-5-3-4-38-39(40)30-51(46(38)57)41-18-19-42(54)48-45(41)56/h3-17,41,47,52-53H,2,18-30H2,1H3,(H,48,54,56). The number of phenolic OH excluding ortho intramolecular Hbond substituents is 2. The number of anilines is 1. The number of fused-ring (bicyclic) bond motifs is 1. The van der Waals surface area contributed by atoms with Gasteiger partial charge >= 0.3 is 0 Å². The maximum absolute atomic E-state index is 13.1. The Morgan fingerprint density at radius 2 is 1.47 bits per heavy atom. The lowest BCUT2D eigenvalue weighted by Gasteiger charge is -2.34. The highest BCUT2D eigenvalue weighted by molar-refractivity contribution is 6.06. The first-order valence-electron chi connectivity index (χ1n) is 20.3. The number of allylic oxidation sites excluding steroid dienone is 1. The van der Waals surface area contributed by atoms with Crippen molar-refractivity contribution in [2.45, 2.75) is 45.2 Å². The molecule has 3 heterocycles. The molecule has 2 fully saturated rings. The number of amides is 4. The molecular weight excluding hydrogens is 751 g/mol. The number of rotatable bonds is 16. The molecule has 3 aliphatic rings. The molecule has 59 heavy (non-hydrogen) atoms. The van der Waals surface area contributed by atoms with Crippen molar-refractivity contribution < 1.29 is 38.9 Å². The number of carbonyl (C=O) groups excluding carboxylic acids is 4. The highest BCUT2D eigenvalue weighted by Crippen LogP contribution is 2.36. The highest BCUT2D eigenvalue weighted by atomic mass is 16.5. The number of nitrogens with zero attached hydrogens (tertiary/aromatic N) is 3. The van der Waals surface area contributed by atoms with Gasteiger partial charge in [-0.1, -0.05) is 49.4 Å². The van der Waals surface area contributed by atoms with Crippen LogP contribution in [0.1, 0.15) is 65.2 Å². The van der Waals surface area contributed by atoms with Crippen molar-refractivity contribution in [1.29, 1.82) is 0 Å². The van der Waals surface area contributed by atoms with Crippen LogP contribution in [0.4, 0.5) is 5.69 Å². The largest absolute Gasteiger partial charge is 0.508 e. The van der Waals surface area contributed by atoms with Crippen LogP contribution in [0.15, 0.2) is 91.0 Å². The van der Waals surface area contributed by atoms with Crippen molar-refractivity contribution in [1.82, 2.24) is 20.0 Å². The number of benzene rings is 4. The summed E-state index contributed by atoms with van der Waals surface area (Å²) < 4.78 is 11.9. The third kappa shape index (κ3) is 9.93. The molecule has 0 bridgehead atoms. The minimum Gasteiger partial charge on any atom is -0.508 e. The van der Waals surface area contributed by atoms with E-state index in [1.807, 2.05) is 47.4 Å². The lowest BCUT2D eigenvalue weighted by molar-refractivity contribution is -0.137. The van der Waals surface area contributed by atoms with Gasteiger partial charge in [0, 0.05) is 69.0 Å². The molecule has 1 atom stereocenters. The third-order valence-electron chi connectivity index (χ3n) is 11.2. The van der Waals surface area contributed by atoms with E-state index in [-0.39, 0.29) is 35.6 Å². The van der Waals surface area contributed by atoms with Gasteiger partial charge in [-0.2, -0.15) is 0 Å². The Kier molecular flexibility index (Phi) is 13.2. The molecule has 0 saturated carbocycles. The van der Waals surface area contributed by atoms with Gasteiger partial charge in [-0.05, 0) is 89.2 Å². The van der Waals surface area contributed by atoms with Crippen LogP contribution in [0.2, 0.25) is 0 Å². The van der Waals surface area contributed by atoms with E-state index in [9.17, 15) is 29.4 Å². The molecule has 2 saturated heterocycles. The minimum atomic E-state index is -0.662. The van der Waals surface area contributed by atoms with E-state index >= 15 is 0 Å². The molecule has 7 rings (SSSR count). The molecular formula is C46H51N5O8. The van der Waals surface area contributed by atoms with Crippen LogP contribution < -0.4 is 15.4 Å². The molecule has 13 nitrogen and oxygen atoms in total. The maximum atomic E-state index is 13.1. The fourth-order valence-electron chi connectivity index (χ4n) is 7.99. The first-order chi connectivity index (χ1) is 28.7. The van der Waals surface area contributed by atoms with Gasteiger partial charge in [-0.3, -0.25) is 29.4 Å². The van der Waals surface area contributed by atoms with E-state index in [1.54, 1.807) is 36.4 Å². The summed E-state index contributed by atoms with van der Waals surface area (Å²) in [5.74, 6) is 0.298. The third-order valence-corrected chi connectivity index (χ3v) is 11.2. The van der Waals surface area contributed by atoms with Crippen LogP contribution in [-0.2, 0) is 25.7 Å². The first-order valence-corrected chi connectivity index (χ1v) is 20.3. The molecule has 4 amide bonds. The van der Waals surface area contributed by atoms with Gasteiger partial charge in [0.1, 0.15) is 29.9 Å². The zero-order chi connectivity index (χ0) is 41.3. The number of nitrogens with one attached hydrogen (secondary N) is 2. The van der Waals surface area contributed by atoms with E-state index in [2.05, 4.69) is 34.6 Å². The van der Waals surface area contributed by atoms with E-state index < -0.39 is 11.9 Å². The molecule has 3 aliphatic heterocycles. The van der Waals surface area contributed by atoms with Crippen molar-refractivity contribution in [3.8, 4) is 17.2 Å². The molecule has 0 aromatic heterocycles. The summed E-state index contributed by atoms with van der Waals surface area (Å²) in [6, 6.07) is 27.3. The van der Waals surface area contributed by atoms with E-state index in [0.717, 1.165) is 70.9 Å². The van der Waals surface area contributed by atoms with Gasteiger partial charge in [-0.25, -0.2) is 0 Å². The molecule has 0 aliphatic carbocycles. The van der Waals surface area contributed by atoms with Crippen LogP contribution >= 0.6 is 0 Å². The zero-order valence-corrected chi connectivity index (χ0v) is 33.3. The Hall–Kier alpha value is -6.18. The fraction of sp³-hybridized carbons (Fsp3) is 0.348. The van der Waals surface area contributed by atoms with Crippen LogP contribution in [0, 0.1) is 0 Å². The number of ether oxygens (including phenoxy) is 2. The Morgan fingerprint density at radius 3 is 2.14 bits per heavy atom. The Labute approximate surface area is 344 Å². The number of carbonyl (C=O) groups is 4. The lowest BCUT2D eigenvalue weighted by atomic mass is 9.88. The number of imide groups is 1. The number of hydrogen-bond acceptors (Lipinski definition) is 10. The first kappa shape index (κ1) is 41.0. The van der Waals surface area contributed by atoms with Gasteiger partial charge in [-0.15, -0.1) is 0 Å². The molecule has 0 spiro atoms. The van der Waals surface area contributed by atoms with E-state index in [4.69, 9.17) is 9.47 Å². The summed E-state index contributed by atoms with van der Waals surface area (Å²) in [6.45, 7) is 7.67. The normalized spacial score (nSPS) is 17.4. The van der Waals surface area contributed by atoms with E-state index in [1.165, 1.54) is 4.90 Å². The smallest absolute Gasteiger partial charge is 0.255 e. The van der Waals surface area contributed by atoms with Crippen molar-refractivity contribution >= 4 is 40.5 Å². The Morgan fingerprint density at radius 1 is 0.814 bits per heavy atom. The molecule has 4 aromatic carbocycles. The summed E-state index contributed by atoms with van der Waals surface area (Å²) in [5, 5.41) is 25.5. The summed E-state index contributed by atoms with van der Waals surface area (Å²) >= 11 is 0. The molecule has 13 heteroatoms. The Balaban J connectivity index is 0.813. The van der Waals surface area contributed by atoms with Gasteiger partial charge in [0.15, 0.2) is 0 Å².